The zero-order chi connectivity index (χ0) is 21.8. The Morgan fingerprint density at radius 2 is 1.53 bits per heavy atom. The third-order valence-electron chi connectivity index (χ3n) is 5.69. The van der Waals surface area contributed by atoms with Crippen LogP contribution in [0.3, 0.4) is 0 Å². The van der Waals surface area contributed by atoms with E-state index < -0.39 is 0 Å². The standard InChI is InChI=1S/C27H23N3O2/c1-19-10-8-9-11-20(19)16-17-23(21-12-4-2-5-13-21)26-28-29-27(31-26)24-18-25(32-30-24)22-14-6-3-7-15-22/h2-15,18,23H,16-17H2,1H3. The van der Waals surface area contributed by atoms with Gasteiger partial charge in [0.1, 0.15) is 0 Å². The van der Waals surface area contributed by atoms with E-state index in [1.54, 1.807) is 0 Å². The SMILES string of the molecule is Cc1ccccc1CCC(c1ccccc1)c1nnc(-c2cc(-c3ccccc3)on2)o1. The summed E-state index contributed by atoms with van der Waals surface area (Å²) < 4.78 is 11.6. The van der Waals surface area contributed by atoms with Crippen LogP contribution in [0.25, 0.3) is 22.9 Å². The van der Waals surface area contributed by atoms with Gasteiger partial charge in [-0.15, -0.1) is 10.2 Å². The summed E-state index contributed by atoms with van der Waals surface area (Å²) in [6.45, 7) is 2.15. The maximum Gasteiger partial charge on any atom is 0.269 e. The minimum absolute atomic E-state index is 0.00227. The Kier molecular flexibility index (Phi) is 5.62. The highest BCUT2D eigenvalue weighted by Gasteiger charge is 2.23. The summed E-state index contributed by atoms with van der Waals surface area (Å²) in [5.41, 5.74) is 5.26. The molecule has 0 amide bonds. The molecule has 3 aromatic carbocycles. The highest BCUT2D eigenvalue weighted by atomic mass is 16.5. The molecular formula is C27H23N3O2. The molecule has 0 spiro atoms. The van der Waals surface area contributed by atoms with Crippen molar-refractivity contribution in [3.05, 3.63) is 114 Å². The summed E-state index contributed by atoms with van der Waals surface area (Å²) in [6, 6.07) is 30.4. The van der Waals surface area contributed by atoms with Gasteiger partial charge in [-0.2, -0.15) is 0 Å². The van der Waals surface area contributed by atoms with Gasteiger partial charge >= 0.3 is 0 Å². The lowest BCUT2D eigenvalue weighted by molar-refractivity contribution is 0.426. The summed E-state index contributed by atoms with van der Waals surface area (Å²) in [5.74, 6) is 1.61. The molecular weight excluding hydrogens is 398 g/mol. The van der Waals surface area contributed by atoms with Crippen LogP contribution in [0, 0.1) is 6.92 Å². The average molecular weight is 422 g/mol. The molecule has 5 aromatic rings. The summed E-state index contributed by atoms with van der Waals surface area (Å²) in [5, 5.41) is 12.8. The summed E-state index contributed by atoms with van der Waals surface area (Å²) in [6.07, 6.45) is 1.79. The molecule has 0 fully saturated rings. The number of hydrogen-bond donors (Lipinski definition) is 0. The molecule has 0 aliphatic carbocycles. The fraction of sp³-hybridized carbons (Fsp3) is 0.148. The first kappa shape index (κ1) is 19.9. The van der Waals surface area contributed by atoms with Crippen LogP contribution in [-0.4, -0.2) is 15.4 Å². The molecule has 1 atom stereocenters. The van der Waals surface area contributed by atoms with Crippen molar-refractivity contribution < 1.29 is 8.94 Å². The van der Waals surface area contributed by atoms with E-state index in [2.05, 4.69) is 58.7 Å². The van der Waals surface area contributed by atoms with Crippen LogP contribution in [0.2, 0.25) is 0 Å². The Hall–Kier alpha value is -3.99. The van der Waals surface area contributed by atoms with E-state index in [1.807, 2.05) is 54.6 Å². The normalized spacial score (nSPS) is 12.0. The summed E-state index contributed by atoms with van der Waals surface area (Å²) in [7, 11) is 0. The molecule has 5 heteroatoms. The molecule has 32 heavy (non-hydrogen) atoms. The van der Waals surface area contributed by atoms with E-state index in [1.165, 1.54) is 11.1 Å². The largest absolute Gasteiger partial charge is 0.419 e. The van der Waals surface area contributed by atoms with Crippen LogP contribution < -0.4 is 0 Å². The van der Waals surface area contributed by atoms with Gasteiger partial charge < -0.3 is 8.94 Å². The van der Waals surface area contributed by atoms with Crippen molar-refractivity contribution in [3.8, 4) is 22.9 Å². The second kappa shape index (κ2) is 9.02. The van der Waals surface area contributed by atoms with Crippen LogP contribution in [0.15, 0.2) is 99.9 Å². The minimum Gasteiger partial charge on any atom is -0.419 e. The van der Waals surface area contributed by atoms with Gasteiger partial charge in [0, 0.05) is 11.6 Å². The van der Waals surface area contributed by atoms with Crippen LogP contribution in [0.4, 0.5) is 0 Å². The Balaban J connectivity index is 1.42. The fourth-order valence-corrected chi connectivity index (χ4v) is 3.90. The molecule has 0 bridgehead atoms. The minimum atomic E-state index is -0.00227. The fourth-order valence-electron chi connectivity index (χ4n) is 3.90. The zero-order valence-corrected chi connectivity index (χ0v) is 17.8. The Labute approximate surface area is 186 Å². The van der Waals surface area contributed by atoms with E-state index in [0.29, 0.717) is 23.2 Å². The molecule has 2 heterocycles. The van der Waals surface area contributed by atoms with Crippen molar-refractivity contribution in [2.45, 2.75) is 25.7 Å². The van der Waals surface area contributed by atoms with Gasteiger partial charge in [-0.25, -0.2) is 0 Å². The summed E-state index contributed by atoms with van der Waals surface area (Å²) in [4.78, 5) is 0. The molecule has 158 valence electrons. The highest BCUT2D eigenvalue weighted by Crippen LogP contribution is 2.32. The number of aryl methyl sites for hydroxylation is 2. The van der Waals surface area contributed by atoms with Gasteiger partial charge in [0.25, 0.3) is 5.89 Å². The molecule has 0 saturated heterocycles. The predicted molar refractivity (Wildman–Crippen MR) is 123 cm³/mol. The Morgan fingerprint density at radius 3 is 2.31 bits per heavy atom. The first-order chi connectivity index (χ1) is 15.8. The molecule has 0 N–H and O–H groups in total. The zero-order valence-electron chi connectivity index (χ0n) is 17.8. The topological polar surface area (TPSA) is 65.0 Å². The maximum atomic E-state index is 6.11. The Bertz CT molecular complexity index is 1290. The third-order valence-corrected chi connectivity index (χ3v) is 5.69. The predicted octanol–water partition coefficient (Wildman–Crippen LogP) is 6.46. The van der Waals surface area contributed by atoms with Crippen LogP contribution >= 0.6 is 0 Å². The molecule has 0 aliphatic rings. The highest BCUT2D eigenvalue weighted by molar-refractivity contribution is 5.62. The van der Waals surface area contributed by atoms with Gasteiger partial charge in [-0.1, -0.05) is 90.1 Å². The van der Waals surface area contributed by atoms with Crippen molar-refractivity contribution >= 4 is 0 Å². The number of aromatic nitrogens is 3. The van der Waals surface area contributed by atoms with Gasteiger partial charge in [0.2, 0.25) is 5.89 Å². The number of nitrogens with zero attached hydrogens (tertiary/aromatic N) is 3. The second-order valence-corrected chi connectivity index (χ2v) is 7.82. The smallest absolute Gasteiger partial charge is 0.269 e. The van der Waals surface area contributed by atoms with Crippen molar-refractivity contribution in [3.63, 3.8) is 0 Å². The van der Waals surface area contributed by atoms with Crippen molar-refractivity contribution in [2.75, 3.05) is 0 Å². The van der Waals surface area contributed by atoms with Crippen molar-refractivity contribution in [2.24, 2.45) is 0 Å². The van der Waals surface area contributed by atoms with Gasteiger partial charge in [-0.3, -0.25) is 0 Å². The lowest BCUT2D eigenvalue weighted by Crippen LogP contribution is -2.04. The van der Waals surface area contributed by atoms with E-state index >= 15 is 0 Å². The van der Waals surface area contributed by atoms with E-state index in [0.717, 1.165) is 24.0 Å². The molecule has 0 radical (unpaired) electrons. The maximum absolute atomic E-state index is 6.11. The van der Waals surface area contributed by atoms with E-state index in [4.69, 9.17) is 8.94 Å². The molecule has 0 saturated carbocycles. The molecule has 5 rings (SSSR count). The lowest BCUT2D eigenvalue weighted by Gasteiger charge is -2.14. The quantitative estimate of drug-likeness (QED) is 0.301. The van der Waals surface area contributed by atoms with Gasteiger partial charge in [-0.05, 0) is 36.5 Å². The molecule has 0 aliphatic heterocycles. The molecule has 2 aromatic heterocycles. The van der Waals surface area contributed by atoms with E-state index in [-0.39, 0.29) is 5.92 Å². The second-order valence-electron chi connectivity index (χ2n) is 7.82. The van der Waals surface area contributed by atoms with Crippen LogP contribution in [0.5, 0.6) is 0 Å². The van der Waals surface area contributed by atoms with Gasteiger partial charge in [0.05, 0.1) is 5.92 Å². The van der Waals surface area contributed by atoms with Crippen LogP contribution in [0.1, 0.15) is 34.9 Å². The lowest BCUT2D eigenvalue weighted by atomic mass is 9.91. The van der Waals surface area contributed by atoms with Crippen molar-refractivity contribution in [1.29, 1.82) is 0 Å². The first-order valence-corrected chi connectivity index (χ1v) is 10.7. The Morgan fingerprint density at radius 1 is 0.812 bits per heavy atom. The first-order valence-electron chi connectivity index (χ1n) is 10.7. The number of rotatable bonds is 7. The van der Waals surface area contributed by atoms with Crippen LogP contribution in [-0.2, 0) is 6.42 Å². The van der Waals surface area contributed by atoms with E-state index in [9.17, 15) is 0 Å². The van der Waals surface area contributed by atoms with Gasteiger partial charge in [0.15, 0.2) is 11.5 Å². The molecule has 1 unspecified atom stereocenters. The monoisotopic (exact) mass is 421 g/mol. The summed E-state index contributed by atoms with van der Waals surface area (Å²) >= 11 is 0. The number of benzene rings is 3. The third kappa shape index (κ3) is 4.23. The molecule has 5 nitrogen and oxygen atoms in total. The van der Waals surface area contributed by atoms with Crippen molar-refractivity contribution in [1.82, 2.24) is 15.4 Å². The average Bonchev–Trinajstić information content (AvgIpc) is 3.52. The number of hydrogen-bond acceptors (Lipinski definition) is 5.